The van der Waals surface area contributed by atoms with E-state index in [0.717, 1.165) is 12.8 Å². The third-order valence-electron chi connectivity index (χ3n) is 2.90. The van der Waals surface area contributed by atoms with Gasteiger partial charge in [-0.15, -0.1) is 13.2 Å². The zero-order valence-corrected chi connectivity index (χ0v) is 7.68. The van der Waals surface area contributed by atoms with Gasteiger partial charge in [-0.25, -0.2) is 0 Å². The highest BCUT2D eigenvalue weighted by Gasteiger charge is 2.37. The van der Waals surface area contributed by atoms with E-state index in [2.05, 4.69) is 20.1 Å². The number of hydrogen-bond acceptors (Lipinski definition) is 1. The lowest BCUT2D eigenvalue weighted by molar-refractivity contribution is -0.126. The maximum absolute atomic E-state index is 11.5. The molecule has 0 aromatic rings. The van der Waals surface area contributed by atoms with Crippen LogP contribution in [0.15, 0.2) is 25.3 Å². The van der Waals surface area contributed by atoms with Crippen LogP contribution in [0.2, 0.25) is 0 Å². The minimum Gasteiger partial charge on any atom is -0.299 e. The fraction of sp³-hybridized carbons (Fsp3) is 0.545. The van der Waals surface area contributed by atoms with Crippen LogP contribution in [0, 0.1) is 11.3 Å². The van der Waals surface area contributed by atoms with Crippen molar-refractivity contribution in [3.05, 3.63) is 25.3 Å². The van der Waals surface area contributed by atoms with Crippen molar-refractivity contribution in [2.24, 2.45) is 11.3 Å². The van der Waals surface area contributed by atoms with E-state index in [1.165, 1.54) is 0 Å². The molecule has 1 aliphatic rings. The van der Waals surface area contributed by atoms with Crippen molar-refractivity contribution < 1.29 is 4.79 Å². The van der Waals surface area contributed by atoms with E-state index in [0.29, 0.717) is 12.2 Å². The lowest BCUT2D eigenvalue weighted by atomic mass is 9.67. The molecule has 0 amide bonds. The van der Waals surface area contributed by atoms with E-state index >= 15 is 0 Å². The summed E-state index contributed by atoms with van der Waals surface area (Å²) in [6, 6.07) is 0. The highest BCUT2D eigenvalue weighted by molar-refractivity contribution is 5.84. The van der Waals surface area contributed by atoms with Crippen molar-refractivity contribution in [1.82, 2.24) is 0 Å². The van der Waals surface area contributed by atoms with Gasteiger partial charge in [0.15, 0.2) is 0 Å². The molecule has 1 fully saturated rings. The maximum atomic E-state index is 11.5. The molecule has 1 heteroatoms. The molecule has 0 bridgehead atoms. The summed E-state index contributed by atoms with van der Waals surface area (Å²) in [6.07, 6.45) is 6.42. The first-order chi connectivity index (χ1) is 5.64. The van der Waals surface area contributed by atoms with E-state index in [-0.39, 0.29) is 11.3 Å². The van der Waals surface area contributed by atoms with Crippen LogP contribution in [0.1, 0.15) is 26.2 Å². The Labute approximate surface area is 74.2 Å². The first kappa shape index (κ1) is 9.24. The van der Waals surface area contributed by atoms with E-state index < -0.39 is 0 Å². The fourth-order valence-electron chi connectivity index (χ4n) is 1.95. The molecule has 12 heavy (non-hydrogen) atoms. The second-order valence-electron chi connectivity index (χ2n) is 3.74. The van der Waals surface area contributed by atoms with Crippen LogP contribution < -0.4 is 0 Å². The van der Waals surface area contributed by atoms with Gasteiger partial charge in [-0.2, -0.15) is 0 Å². The molecule has 0 aliphatic heterocycles. The Kier molecular flexibility index (Phi) is 2.51. The molecule has 0 aromatic heterocycles. The monoisotopic (exact) mass is 164 g/mol. The number of carbonyl (C=O) groups is 1. The number of carbonyl (C=O) groups excluding carboxylic acids is 1. The third-order valence-corrected chi connectivity index (χ3v) is 2.90. The van der Waals surface area contributed by atoms with Crippen LogP contribution in [0.3, 0.4) is 0 Å². The molecule has 66 valence electrons. The average molecular weight is 164 g/mol. The number of hydrogen-bond donors (Lipinski definition) is 0. The predicted octanol–water partition coefficient (Wildman–Crippen LogP) is 2.73. The quantitative estimate of drug-likeness (QED) is 0.573. The highest BCUT2D eigenvalue weighted by Crippen LogP contribution is 2.40. The summed E-state index contributed by atoms with van der Waals surface area (Å²) >= 11 is 0. The van der Waals surface area contributed by atoms with Gasteiger partial charge in [0.05, 0.1) is 0 Å². The molecule has 2 atom stereocenters. The first-order valence-electron chi connectivity index (χ1n) is 4.43. The number of allylic oxidation sites excluding steroid dienone is 2. The van der Waals surface area contributed by atoms with Crippen LogP contribution in [-0.2, 0) is 4.79 Å². The lowest BCUT2D eigenvalue weighted by Crippen LogP contribution is -2.34. The van der Waals surface area contributed by atoms with Crippen molar-refractivity contribution >= 4 is 5.78 Å². The van der Waals surface area contributed by atoms with Crippen molar-refractivity contribution in [3.63, 3.8) is 0 Å². The number of Topliss-reactive ketones (excluding diaryl/α,β-unsaturated/α-hetero) is 1. The highest BCUT2D eigenvalue weighted by atomic mass is 16.1. The topological polar surface area (TPSA) is 17.1 Å². The van der Waals surface area contributed by atoms with Gasteiger partial charge in [0.25, 0.3) is 0 Å². The smallest absolute Gasteiger partial charge is 0.140 e. The fourth-order valence-corrected chi connectivity index (χ4v) is 1.95. The SMILES string of the molecule is C=C[C@@H]1C(=O)CCC[C@]1(C)C=C. The second-order valence-corrected chi connectivity index (χ2v) is 3.74. The van der Waals surface area contributed by atoms with Crippen LogP contribution in [0.5, 0.6) is 0 Å². The Morgan fingerprint density at radius 3 is 2.67 bits per heavy atom. The first-order valence-corrected chi connectivity index (χ1v) is 4.43. The number of rotatable bonds is 2. The van der Waals surface area contributed by atoms with Crippen molar-refractivity contribution in [1.29, 1.82) is 0 Å². The Morgan fingerprint density at radius 1 is 1.58 bits per heavy atom. The summed E-state index contributed by atoms with van der Waals surface area (Å²) in [5.74, 6) is 0.308. The molecule has 1 saturated carbocycles. The second kappa shape index (κ2) is 3.26. The Bertz CT molecular complexity index is 217. The average Bonchev–Trinajstić information content (AvgIpc) is 2.05. The van der Waals surface area contributed by atoms with Crippen LogP contribution in [0.25, 0.3) is 0 Å². The Morgan fingerprint density at radius 2 is 2.25 bits per heavy atom. The molecular formula is C11H16O. The van der Waals surface area contributed by atoms with Gasteiger partial charge in [0.2, 0.25) is 0 Å². The Balaban J connectivity index is 2.91. The van der Waals surface area contributed by atoms with Gasteiger partial charge < -0.3 is 0 Å². The van der Waals surface area contributed by atoms with Gasteiger partial charge >= 0.3 is 0 Å². The van der Waals surface area contributed by atoms with E-state index in [1.54, 1.807) is 6.08 Å². The molecule has 0 saturated heterocycles. The minimum absolute atomic E-state index is 0.0104. The van der Waals surface area contributed by atoms with E-state index in [4.69, 9.17) is 0 Å². The summed E-state index contributed by atoms with van der Waals surface area (Å²) in [5.41, 5.74) is -0.0446. The molecule has 0 N–H and O–H groups in total. The van der Waals surface area contributed by atoms with Gasteiger partial charge in [0.1, 0.15) is 5.78 Å². The van der Waals surface area contributed by atoms with Gasteiger partial charge in [0, 0.05) is 12.3 Å². The van der Waals surface area contributed by atoms with Gasteiger partial charge in [-0.1, -0.05) is 19.1 Å². The molecule has 0 radical (unpaired) electrons. The van der Waals surface area contributed by atoms with Crippen LogP contribution >= 0.6 is 0 Å². The normalized spacial score (nSPS) is 36.1. The molecule has 1 nitrogen and oxygen atoms in total. The molecule has 0 unspecified atom stereocenters. The molecule has 0 heterocycles. The molecule has 1 rings (SSSR count). The largest absolute Gasteiger partial charge is 0.299 e. The molecule has 1 aliphatic carbocycles. The van der Waals surface area contributed by atoms with Gasteiger partial charge in [-0.3, -0.25) is 4.79 Å². The van der Waals surface area contributed by atoms with E-state index in [9.17, 15) is 4.79 Å². The predicted molar refractivity (Wildman–Crippen MR) is 50.8 cm³/mol. The molecular weight excluding hydrogens is 148 g/mol. The lowest BCUT2D eigenvalue weighted by Gasteiger charge is -2.36. The molecule has 0 aromatic carbocycles. The Hall–Kier alpha value is -0.850. The van der Waals surface area contributed by atoms with E-state index in [1.807, 2.05) is 6.08 Å². The summed E-state index contributed by atoms with van der Waals surface area (Å²) in [6.45, 7) is 9.59. The van der Waals surface area contributed by atoms with Crippen molar-refractivity contribution in [2.75, 3.05) is 0 Å². The van der Waals surface area contributed by atoms with Crippen molar-refractivity contribution in [2.45, 2.75) is 26.2 Å². The zero-order chi connectivity index (χ0) is 9.19. The van der Waals surface area contributed by atoms with Crippen LogP contribution in [0.4, 0.5) is 0 Å². The summed E-state index contributed by atoms with van der Waals surface area (Å²) < 4.78 is 0. The van der Waals surface area contributed by atoms with Gasteiger partial charge in [-0.05, 0) is 18.3 Å². The van der Waals surface area contributed by atoms with Crippen LogP contribution in [-0.4, -0.2) is 5.78 Å². The summed E-state index contributed by atoms with van der Waals surface area (Å²) in [7, 11) is 0. The standard InChI is InChI=1S/C11H16O/c1-4-9-10(12)7-6-8-11(9,3)5-2/h4-5,9H,1-2,6-8H2,3H3/t9-,11+/m1/s1. The third kappa shape index (κ3) is 1.36. The zero-order valence-electron chi connectivity index (χ0n) is 7.68. The summed E-state index contributed by atoms with van der Waals surface area (Å²) in [4.78, 5) is 11.5. The maximum Gasteiger partial charge on any atom is 0.140 e. The number of ketones is 1. The minimum atomic E-state index is -0.0446. The van der Waals surface area contributed by atoms with Crippen molar-refractivity contribution in [3.8, 4) is 0 Å². The molecule has 0 spiro atoms. The summed E-state index contributed by atoms with van der Waals surface area (Å²) in [5, 5.41) is 0.